The molecule has 7 heteroatoms. The molecule has 2 aromatic rings. The fourth-order valence-corrected chi connectivity index (χ4v) is 5.03. The normalized spacial score (nSPS) is 27.6. The number of morpholine rings is 1. The van der Waals surface area contributed by atoms with Crippen molar-refractivity contribution in [1.82, 2.24) is 19.8 Å². The zero-order valence-electron chi connectivity index (χ0n) is 16.5. The van der Waals surface area contributed by atoms with Crippen molar-refractivity contribution >= 4 is 11.2 Å². The smallest absolute Gasteiger partial charge is 0.142 e. The Morgan fingerprint density at radius 3 is 2.79 bits per heavy atom. The summed E-state index contributed by atoms with van der Waals surface area (Å²) in [4.78, 5) is 4.98. The van der Waals surface area contributed by atoms with Gasteiger partial charge in [-0.05, 0) is 56.5 Å². The number of pyridine rings is 1. The van der Waals surface area contributed by atoms with Crippen LogP contribution in [0.3, 0.4) is 0 Å². The van der Waals surface area contributed by atoms with Crippen molar-refractivity contribution in [2.45, 2.75) is 32.0 Å². The molecule has 2 aromatic heterocycles. The molecule has 0 saturated carbocycles. The highest BCUT2D eigenvalue weighted by atomic mass is 16.5. The minimum absolute atomic E-state index is 0.185. The number of hydrogen-bond donors (Lipinski definition) is 1. The van der Waals surface area contributed by atoms with Crippen molar-refractivity contribution in [3.8, 4) is 6.07 Å². The summed E-state index contributed by atoms with van der Waals surface area (Å²) in [7, 11) is 0. The molecular formula is C21H28N6O. The van der Waals surface area contributed by atoms with Crippen LogP contribution in [0.2, 0.25) is 0 Å². The summed E-state index contributed by atoms with van der Waals surface area (Å²) < 4.78 is 8.04. The Morgan fingerprint density at radius 1 is 1.25 bits per heavy atom. The summed E-state index contributed by atoms with van der Waals surface area (Å²) in [5.41, 5.74) is 3.27. The van der Waals surface area contributed by atoms with Crippen LogP contribution in [0.4, 0.5) is 5.69 Å². The second-order valence-corrected chi connectivity index (χ2v) is 8.72. The second kappa shape index (κ2) is 7.03. The highest BCUT2D eigenvalue weighted by molar-refractivity contribution is 5.74. The third-order valence-corrected chi connectivity index (χ3v) is 6.69. The van der Waals surface area contributed by atoms with Gasteiger partial charge in [0, 0.05) is 32.7 Å². The molecule has 5 heterocycles. The van der Waals surface area contributed by atoms with E-state index in [0.29, 0.717) is 11.1 Å². The number of likely N-dealkylation sites (tertiary alicyclic amines) is 1. The monoisotopic (exact) mass is 380 g/mol. The maximum Gasteiger partial charge on any atom is 0.142 e. The molecule has 1 N–H and O–H groups in total. The van der Waals surface area contributed by atoms with Crippen LogP contribution in [0.25, 0.3) is 5.52 Å². The number of nitrogens with zero attached hydrogens (tertiary/aromatic N) is 5. The van der Waals surface area contributed by atoms with E-state index in [1.807, 2.05) is 12.1 Å². The Bertz CT molecular complexity index is 888. The van der Waals surface area contributed by atoms with Gasteiger partial charge in [0.1, 0.15) is 11.8 Å². The van der Waals surface area contributed by atoms with Crippen molar-refractivity contribution in [3.63, 3.8) is 0 Å². The fraction of sp³-hybridized carbons (Fsp3) is 0.619. The maximum atomic E-state index is 9.33. The van der Waals surface area contributed by atoms with Crippen molar-refractivity contribution in [2.24, 2.45) is 5.41 Å². The molecule has 5 rings (SSSR count). The number of nitrogens with one attached hydrogen (secondary N) is 1. The summed E-state index contributed by atoms with van der Waals surface area (Å²) in [6.45, 7) is 9.65. The Kier molecular flexibility index (Phi) is 4.50. The third-order valence-electron chi connectivity index (χ3n) is 6.69. The first kappa shape index (κ1) is 17.9. The predicted molar refractivity (Wildman–Crippen MR) is 107 cm³/mol. The average Bonchev–Trinajstić information content (AvgIpc) is 3.16. The van der Waals surface area contributed by atoms with Gasteiger partial charge in [-0.2, -0.15) is 10.4 Å². The third kappa shape index (κ3) is 3.16. The molecule has 1 spiro atoms. The van der Waals surface area contributed by atoms with Gasteiger partial charge in [0.25, 0.3) is 0 Å². The quantitative estimate of drug-likeness (QED) is 0.870. The molecule has 7 nitrogen and oxygen atoms in total. The molecule has 28 heavy (non-hydrogen) atoms. The maximum absolute atomic E-state index is 9.33. The van der Waals surface area contributed by atoms with Gasteiger partial charge >= 0.3 is 0 Å². The lowest BCUT2D eigenvalue weighted by molar-refractivity contribution is -0.0439. The summed E-state index contributed by atoms with van der Waals surface area (Å²) in [5, 5.41) is 17.1. The molecule has 0 unspecified atom stereocenters. The van der Waals surface area contributed by atoms with E-state index in [1.165, 1.54) is 39.0 Å². The summed E-state index contributed by atoms with van der Waals surface area (Å²) in [5.74, 6) is 0. The first-order chi connectivity index (χ1) is 13.7. The van der Waals surface area contributed by atoms with Crippen LogP contribution in [0.1, 0.15) is 25.5 Å². The SMILES string of the molecule is C[C@@H]1CN(c2ccc(C#N)n3nccc23)C[C@H](CN2CCC3(CC2)CNC3)O1. The lowest BCUT2D eigenvalue weighted by Crippen LogP contribution is -2.59. The first-order valence-corrected chi connectivity index (χ1v) is 10.4. The highest BCUT2D eigenvalue weighted by Gasteiger charge is 2.40. The molecule has 0 amide bonds. The number of anilines is 1. The minimum atomic E-state index is 0.185. The van der Waals surface area contributed by atoms with E-state index >= 15 is 0 Å². The van der Waals surface area contributed by atoms with Gasteiger partial charge in [-0.3, -0.25) is 0 Å². The number of rotatable bonds is 3. The van der Waals surface area contributed by atoms with Crippen LogP contribution >= 0.6 is 0 Å². The zero-order chi connectivity index (χ0) is 19.1. The Balaban J connectivity index is 1.29. The topological polar surface area (TPSA) is 68.8 Å². The standard InChI is InChI=1S/C21H28N6O/c1-16-11-26(19-3-2-17(10-22)27-20(19)4-7-24-27)13-18(28-16)12-25-8-5-21(6-9-25)14-23-15-21/h2-4,7,16,18,23H,5-6,8-9,11-15H2,1H3/t16-,18+/m1/s1. The van der Waals surface area contributed by atoms with Crippen molar-refractivity contribution in [3.05, 3.63) is 30.1 Å². The molecule has 3 aliphatic heterocycles. The first-order valence-electron chi connectivity index (χ1n) is 10.4. The van der Waals surface area contributed by atoms with Crippen molar-refractivity contribution in [1.29, 1.82) is 5.26 Å². The summed E-state index contributed by atoms with van der Waals surface area (Å²) in [6.07, 6.45) is 4.76. The van der Waals surface area contributed by atoms with Crippen molar-refractivity contribution in [2.75, 3.05) is 50.7 Å². The Morgan fingerprint density at radius 2 is 2.07 bits per heavy atom. The van der Waals surface area contributed by atoms with E-state index < -0.39 is 0 Å². The molecule has 0 radical (unpaired) electrons. The number of nitriles is 1. The van der Waals surface area contributed by atoms with Gasteiger partial charge in [0.2, 0.25) is 0 Å². The molecule has 0 bridgehead atoms. The molecule has 3 saturated heterocycles. The van der Waals surface area contributed by atoms with Crippen LogP contribution in [-0.2, 0) is 4.74 Å². The number of piperidine rings is 1. The zero-order valence-corrected chi connectivity index (χ0v) is 16.5. The van der Waals surface area contributed by atoms with Crippen LogP contribution < -0.4 is 10.2 Å². The van der Waals surface area contributed by atoms with Crippen molar-refractivity contribution < 1.29 is 4.74 Å². The van der Waals surface area contributed by atoms with Crippen LogP contribution in [0, 0.1) is 16.7 Å². The number of ether oxygens (including phenoxy) is 1. The predicted octanol–water partition coefficient (Wildman–Crippen LogP) is 1.49. The molecule has 0 aromatic carbocycles. The van der Waals surface area contributed by atoms with E-state index in [4.69, 9.17) is 4.74 Å². The van der Waals surface area contributed by atoms with Gasteiger partial charge in [-0.25, -0.2) is 4.52 Å². The van der Waals surface area contributed by atoms with Gasteiger partial charge in [0.05, 0.1) is 29.6 Å². The van der Waals surface area contributed by atoms with Crippen LogP contribution in [0.15, 0.2) is 24.4 Å². The largest absolute Gasteiger partial charge is 0.370 e. The summed E-state index contributed by atoms with van der Waals surface area (Å²) >= 11 is 0. The Hall–Kier alpha value is -2.14. The highest BCUT2D eigenvalue weighted by Crippen LogP contribution is 2.35. The van der Waals surface area contributed by atoms with E-state index in [1.54, 1.807) is 10.7 Å². The molecule has 3 aliphatic rings. The molecule has 0 aliphatic carbocycles. The number of aromatic nitrogens is 2. The van der Waals surface area contributed by atoms with E-state index in [0.717, 1.165) is 30.8 Å². The van der Waals surface area contributed by atoms with Crippen LogP contribution in [0.5, 0.6) is 0 Å². The average molecular weight is 380 g/mol. The fourth-order valence-electron chi connectivity index (χ4n) is 5.03. The minimum Gasteiger partial charge on any atom is -0.370 e. The molecule has 3 fully saturated rings. The van der Waals surface area contributed by atoms with Gasteiger partial charge in [0.15, 0.2) is 0 Å². The molecule has 148 valence electrons. The van der Waals surface area contributed by atoms with E-state index in [-0.39, 0.29) is 12.2 Å². The van der Waals surface area contributed by atoms with Gasteiger partial charge in [-0.1, -0.05) is 0 Å². The van der Waals surface area contributed by atoms with Crippen LogP contribution in [-0.4, -0.2) is 72.5 Å². The van der Waals surface area contributed by atoms with Gasteiger partial charge < -0.3 is 19.9 Å². The molecule has 2 atom stereocenters. The number of fused-ring (bicyclic) bond motifs is 1. The van der Waals surface area contributed by atoms with E-state index in [9.17, 15) is 5.26 Å². The Labute approximate surface area is 165 Å². The molecular weight excluding hydrogens is 352 g/mol. The van der Waals surface area contributed by atoms with E-state index in [2.05, 4.69) is 39.3 Å². The van der Waals surface area contributed by atoms with Gasteiger partial charge in [-0.15, -0.1) is 0 Å². The summed E-state index contributed by atoms with van der Waals surface area (Å²) in [6, 6.07) is 8.13. The lowest BCUT2D eigenvalue weighted by Gasteiger charge is -2.49. The lowest BCUT2D eigenvalue weighted by atomic mass is 9.73. The second-order valence-electron chi connectivity index (χ2n) is 8.72. The number of hydrogen-bond acceptors (Lipinski definition) is 6.